The van der Waals surface area contributed by atoms with E-state index in [4.69, 9.17) is 0 Å². The number of ketones is 1. The minimum absolute atomic E-state index is 0.123. The molecule has 0 amide bonds. The molecular weight excluding hydrogens is 176 g/mol. The van der Waals surface area contributed by atoms with Gasteiger partial charge in [0.05, 0.1) is 6.54 Å². The average Bonchev–Trinajstić information content (AvgIpc) is 2.18. The van der Waals surface area contributed by atoms with Crippen molar-refractivity contribution in [1.29, 1.82) is 0 Å². The molecule has 0 saturated carbocycles. The molecule has 0 aromatic heterocycles. The Morgan fingerprint density at radius 2 is 1.86 bits per heavy atom. The quantitative estimate of drug-likeness (QED) is 0.726. The summed E-state index contributed by atoms with van der Waals surface area (Å²) in [5.74, 6) is 0.123. The summed E-state index contributed by atoms with van der Waals surface area (Å²) in [6.07, 6.45) is 0. The van der Waals surface area contributed by atoms with Crippen LogP contribution in [0, 0.1) is 0 Å². The Balaban J connectivity index is 2.78. The largest absolute Gasteiger partial charge is 0.378 e. The maximum absolute atomic E-state index is 11.4. The summed E-state index contributed by atoms with van der Waals surface area (Å²) in [5.41, 5.74) is 1.86. The van der Waals surface area contributed by atoms with Crippen molar-refractivity contribution in [3.8, 4) is 0 Å². The molecule has 0 unspecified atom stereocenters. The van der Waals surface area contributed by atoms with E-state index in [1.54, 1.807) is 7.05 Å². The topological polar surface area (TPSA) is 32.3 Å². The van der Waals surface area contributed by atoms with Crippen LogP contribution in [0.4, 0.5) is 5.69 Å². The molecular formula is C11H16N2O. The summed E-state index contributed by atoms with van der Waals surface area (Å²) >= 11 is 0. The standard InChI is InChI=1S/C11H16N2O/c1-12-8-11(14)9-4-6-10(7-5-9)13(2)3/h4-7,12H,8H2,1-3H3. The Bertz CT molecular complexity index is 304. The van der Waals surface area contributed by atoms with Crippen LogP contribution in [-0.2, 0) is 0 Å². The minimum Gasteiger partial charge on any atom is -0.378 e. The van der Waals surface area contributed by atoms with Gasteiger partial charge in [0.1, 0.15) is 0 Å². The first kappa shape index (κ1) is 10.7. The molecule has 0 heterocycles. The normalized spacial score (nSPS) is 9.93. The molecule has 3 heteroatoms. The van der Waals surface area contributed by atoms with Crippen molar-refractivity contribution in [2.45, 2.75) is 0 Å². The molecule has 1 N–H and O–H groups in total. The van der Waals surface area contributed by atoms with Gasteiger partial charge < -0.3 is 10.2 Å². The van der Waals surface area contributed by atoms with Gasteiger partial charge in [0, 0.05) is 25.3 Å². The molecule has 1 rings (SSSR count). The van der Waals surface area contributed by atoms with Gasteiger partial charge in [-0.3, -0.25) is 4.79 Å². The summed E-state index contributed by atoms with van der Waals surface area (Å²) in [5, 5.41) is 2.84. The van der Waals surface area contributed by atoms with Crippen molar-refractivity contribution >= 4 is 11.5 Å². The third-order valence-electron chi connectivity index (χ3n) is 2.04. The second-order valence-corrected chi connectivity index (χ2v) is 3.39. The smallest absolute Gasteiger partial charge is 0.176 e. The van der Waals surface area contributed by atoms with Crippen LogP contribution in [0.5, 0.6) is 0 Å². The second-order valence-electron chi connectivity index (χ2n) is 3.39. The molecule has 0 aliphatic rings. The van der Waals surface area contributed by atoms with E-state index in [1.165, 1.54) is 0 Å². The van der Waals surface area contributed by atoms with E-state index in [0.29, 0.717) is 6.54 Å². The predicted octanol–water partition coefficient (Wildman–Crippen LogP) is 1.15. The van der Waals surface area contributed by atoms with Crippen LogP contribution in [0.1, 0.15) is 10.4 Å². The SMILES string of the molecule is CNCC(=O)c1ccc(N(C)C)cc1. The number of benzene rings is 1. The zero-order valence-corrected chi connectivity index (χ0v) is 8.87. The zero-order chi connectivity index (χ0) is 10.6. The lowest BCUT2D eigenvalue weighted by Crippen LogP contribution is -2.18. The fourth-order valence-electron chi connectivity index (χ4n) is 1.21. The summed E-state index contributed by atoms with van der Waals surface area (Å²) in [6.45, 7) is 0.390. The van der Waals surface area contributed by atoms with Gasteiger partial charge in [-0.2, -0.15) is 0 Å². The number of hydrogen-bond acceptors (Lipinski definition) is 3. The van der Waals surface area contributed by atoms with Crippen molar-refractivity contribution < 1.29 is 4.79 Å². The maximum atomic E-state index is 11.4. The number of likely N-dealkylation sites (N-methyl/N-ethyl adjacent to an activating group) is 1. The van der Waals surface area contributed by atoms with E-state index in [9.17, 15) is 4.79 Å². The van der Waals surface area contributed by atoms with E-state index in [0.717, 1.165) is 11.3 Å². The van der Waals surface area contributed by atoms with Crippen molar-refractivity contribution in [1.82, 2.24) is 5.32 Å². The second kappa shape index (κ2) is 4.77. The van der Waals surface area contributed by atoms with Crippen LogP contribution < -0.4 is 10.2 Å². The molecule has 0 spiro atoms. The highest BCUT2D eigenvalue weighted by molar-refractivity contribution is 5.97. The highest BCUT2D eigenvalue weighted by atomic mass is 16.1. The lowest BCUT2D eigenvalue weighted by Gasteiger charge is -2.12. The van der Waals surface area contributed by atoms with Crippen LogP contribution in [0.2, 0.25) is 0 Å². The number of nitrogens with zero attached hydrogens (tertiary/aromatic N) is 1. The number of carbonyl (C=O) groups excluding carboxylic acids is 1. The number of anilines is 1. The third-order valence-corrected chi connectivity index (χ3v) is 2.04. The van der Waals surface area contributed by atoms with Gasteiger partial charge in [-0.25, -0.2) is 0 Å². The molecule has 0 atom stereocenters. The van der Waals surface area contributed by atoms with E-state index in [1.807, 2.05) is 43.3 Å². The van der Waals surface area contributed by atoms with Gasteiger partial charge in [0.25, 0.3) is 0 Å². The lowest BCUT2D eigenvalue weighted by atomic mass is 10.1. The Hall–Kier alpha value is -1.35. The first-order valence-corrected chi connectivity index (χ1v) is 4.60. The highest BCUT2D eigenvalue weighted by Gasteiger charge is 2.03. The Kier molecular flexibility index (Phi) is 3.65. The zero-order valence-electron chi connectivity index (χ0n) is 8.87. The molecule has 0 aliphatic heterocycles. The maximum Gasteiger partial charge on any atom is 0.176 e. The molecule has 0 radical (unpaired) electrons. The number of nitrogens with one attached hydrogen (secondary N) is 1. The summed E-state index contributed by atoms with van der Waals surface area (Å²) < 4.78 is 0. The molecule has 0 fully saturated rings. The highest BCUT2D eigenvalue weighted by Crippen LogP contribution is 2.12. The predicted molar refractivity (Wildman–Crippen MR) is 59.0 cm³/mol. The van der Waals surface area contributed by atoms with E-state index < -0.39 is 0 Å². The van der Waals surface area contributed by atoms with Crippen LogP contribution in [0.3, 0.4) is 0 Å². The molecule has 0 saturated heterocycles. The summed E-state index contributed by atoms with van der Waals surface area (Å²) in [6, 6.07) is 7.61. The van der Waals surface area contributed by atoms with Crippen molar-refractivity contribution in [2.24, 2.45) is 0 Å². The van der Waals surface area contributed by atoms with Crippen LogP contribution in [0.15, 0.2) is 24.3 Å². The number of hydrogen-bond donors (Lipinski definition) is 1. The number of rotatable bonds is 4. The molecule has 14 heavy (non-hydrogen) atoms. The first-order chi connectivity index (χ1) is 6.65. The van der Waals surface area contributed by atoms with Gasteiger partial charge in [-0.1, -0.05) is 0 Å². The minimum atomic E-state index is 0.123. The number of Topliss-reactive ketones (excluding diaryl/α,β-unsaturated/α-hetero) is 1. The van der Waals surface area contributed by atoms with Gasteiger partial charge in [-0.15, -0.1) is 0 Å². The Morgan fingerprint density at radius 3 is 2.29 bits per heavy atom. The van der Waals surface area contributed by atoms with Crippen molar-refractivity contribution in [3.63, 3.8) is 0 Å². The van der Waals surface area contributed by atoms with Gasteiger partial charge in [-0.05, 0) is 31.3 Å². The fraction of sp³-hybridized carbons (Fsp3) is 0.364. The average molecular weight is 192 g/mol. The molecule has 0 aliphatic carbocycles. The van der Waals surface area contributed by atoms with Crippen LogP contribution in [-0.4, -0.2) is 33.5 Å². The summed E-state index contributed by atoms with van der Waals surface area (Å²) in [4.78, 5) is 13.5. The van der Waals surface area contributed by atoms with Crippen LogP contribution >= 0.6 is 0 Å². The van der Waals surface area contributed by atoms with Crippen molar-refractivity contribution in [2.75, 3.05) is 32.6 Å². The summed E-state index contributed by atoms with van der Waals surface area (Å²) in [7, 11) is 5.72. The van der Waals surface area contributed by atoms with Crippen LogP contribution in [0.25, 0.3) is 0 Å². The Morgan fingerprint density at radius 1 is 1.29 bits per heavy atom. The van der Waals surface area contributed by atoms with Gasteiger partial charge >= 0.3 is 0 Å². The van der Waals surface area contributed by atoms with Gasteiger partial charge in [0.2, 0.25) is 0 Å². The lowest BCUT2D eigenvalue weighted by molar-refractivity contribution is 0.0993. The molecule has 1 aromatic carbocycles. The Labute approximate surface area is 84.7 Å². The monoisotopic (exact) mass is 192 g/mol. The van der Waals surface area contributed by atoms with Crippen molar-refractivity contribution in [3.05, 3.63) is 29.8 Å². The molecule has 0 bridgehead atoms. The van der Waals surface area contributed by atoms with Gasteiger partial charge in [0.15, 0.2) is 5.78 Å². The third kappa shape index (κ3) is 2.57. The fourth-order valence-corrected chi connectivity index (χ4v) is 1.21. The molecule has 1 aromatic rings. The van der Waals surface area contributed by atoms with E-state index in [2.05, 4.69) is 5.32 Å². The van der Waals surface area contributed by atoms with E-state index >= 15 is 0 Å². The molecule has 76 valence electrons. The number of carbonyl (C=O) groups is 1. The van der Waals surface area contributed by atoms with E-state index in [-0.39, 0.29) is 5.78 Å². The molecule has 3 nitrogen and oxygen atoms in total. The first-order valence-electron chi connectivity index (χ1n) is 4.60.